The van der Waals surface area contributed by atoms with E-state index in [9.17, 15) is 4.79 Å². The number of carbonyl (C=O) groups excluding carboxylic acids is 1. The molecule has 1 amide bonds. The van der Waals surface area contributed by atoms with Crippen LogP contribution in [0.5, 0.6) is 0 Å². The highest BCUT2D eigenvalue weighted by Gasteiger charge is 2.33. The minimum absolute atomic E-state index is 0.190. The molecule has 1 unspecified atom stereocenters. The quantitative estimate of drug-likeness (QED) is 0.455. The third-order valence-electron chi connectivity index (χ3n) is 6.24. The van der Waals surface area contributed by atoms with E-state index in [0.717, 1.165) is 35.4 Å². The van der Waals surface area contributed by atoms with Gasteiger partial charge in [0, 0.05) is 37.0 Å². The predicted molar refractivity (Wildman–Crippen MR) is 128 cm³/mol. The molecular formula is C23H20Cl2N6O2. The SMILES string of the molecule is CN1CN(c2c(Cl)cccc2Cl)C(=O)c2cnc3[nH]c(-c4cnn(C5CCOC5)c4)cc3c21. The second-order valence-electron chi connectivity index (χ2n) is 8.34. The van der Waals surface area contributed by atoms with Gasteiger partial charge < -0.3 is 14.6 Å². The molecule has 0 aliphatic carbocycles. The molecule has 0 saturated carbocycles. The summed E-state index contributed by atoms with van der Waals surface area (Å²) in [5.41, 5.74) is 4.39. The molecule has 0 spiro atoms. The van der Waals surface area contributed by atoms with Crippen LogP contribution in [0.4, 0.5) is 11.4 Å². The van der Waals surface area contributed by atoms with E-state index in [1.165, 1.54) is 0 Å². The normalized spacial score (nSPS) is 18.4. The zero-order valence-corrected chi connectivity index (χ0v) is 19.3. The maximum absolute atomic E-state index is 13.4. The summed E-state index contributed by atoms with van der Waals surface area (Å²) in [6.07, 6.45) is 6.42. The molecule has 33 heavy (non-hydrogen) atoms. The van der Waals surface area contributed by atoms with Crippen molar-refractivity contribution < 1.29 is 9.53 Å². The topological polar surface area (TPSA) is 79.3 Å². The Morgan fingerprint density at radius 2 is 2.00 bits per heavy atom. The summed E-state index contributed by atoms with van der Waals surface area (Å²) in [5.74, 6) is -0.190. The number of ether oxygens (including phenoxy) is 1. The molecule has 0 bridgehead atoms. The Balaban J connectivity index is 1.40. The van der Waals surface area contributed by atoms with E-state index in [1.807, 2.05) is 35.1 Å². The number of aromatic nitrogens is 4. The van der Waals surface area contributed by atoms with Crippen LogP contribution >= 0.6 is 23.2 Å². The van der Waals surface area contributed by atoms with Crippen molar-refractivity contribution in [3.8, 4) is 11.3 Å². The lowest BCUT2D eigenvalue weighted by molar-refractivity contribution is 0.0982. The minimum Gasteiger partial charge on any atom is -0.379 e. The Bertz CT molecular complexity index is 1370. The molecule has 0 radical (unpaired) electrons. The van der Waals surface area contributed by atoms with Gasteiger partial charge >= 0.3 is 0 Å². The van der Waals surface area contributed by atoms with Crippen LogP contribution in [-0.2, 0) is 4.74 Å². The minimum atomic E-state index is -0.190. The van der Waals surface area contributed by atoms with Crippen molar-refractivity contribution in [2.75, 3.05) is 36.7 Å². The largest absolute Gasteiger partial charge is 0.379 e. The van der Waals surface area contributed by atoms with Crippen LogP contribution in [0.15, 0.2) is 42.9 Å². The van der Waals surface area contributed by atoms with Gasteiger partial charge in [-0.1, -0.05) is 29.3 Å². The molecular weight excluding hydrogens is 463 g/mol. The number of para-hydroxylation sites is 1. The van der Waals surface area contributed by atoms with Gasteiger partial charge in [0.15, 0.2) is 0 Å². The summed E-state index contributed by atoms with van der Waals surface area (Å²) in [6, 6.07) is 7.50. The number of halogens is 2. The van der Waals surface area contributed by atoms with Crippen LogP contribution in [0.25, 0.3) is 22.3 Å². The van der Waals surface area contributed by atoms with Gasteiger partial charge in [0.05, 0.1) is 58.2 Å². The number of rotatable bonds is 3. The van der Waals surface area contributed by atoms with Crippen molar-refractivity contribution in [1.82, 2.24) is 19.7 Å². The number of hydrogen-bond acceptors (Lipinski definition) is 5. The van der Waals surface area contributed by atoms with E-state index >= 15 is 0 Å². The molecule has 1 N–H and O–H groups in total. The van der Waals surface area contributed by atoms with E-state index in [0.29, 0.717) is 40.2 Å². The Morgan fingerprint density at radius 3 is 2.76 bits per heavy atom. The lowest BCUT2D eigenvalue weighted by Crippen LogP contribution is -2.45. The highest BCUT2D eigenvalue weighted by atomic mass is 35.5. The summed E-state index contributed by atoms with van der Waals surface area (Å²) in [7, 11) is 1.94. The Kier molecular flexibility index (Phi) is 4.83. The molecule has 2 aliphatic rings. The van der Waals surface area contributed by atoms with E-state index in [4.69, 9.17) is 27.9 Å². The third kappa shape index (κ3) is 3.28. The van der Waals surface area contributed by atoms with Gasteiger partial charge in [-0.3, -0.25) is 14.4 Å². The number of aromatic amines is 1. The van der Waals surface area contributed by atoms with Crippen LogP contribution in [0.1, 0.15) is 22.8 Å². The maximum Gasteiger partial charge on any atom is 0.263 e. The van der Waals surface area contributed by atoms with Crippen LogP contribution in [0.2, 0.25) is 10.0 Å². The average Bonchev–Trinajstić information content (AvgIpc) is 3.56. The number of H-pyrrole nitrogens is 1. The van der Waals surface area contributed by atoms with Gasteiger partial charge in [0.25, 0.3) is 5.91 Å². The van der Waals surface area contributed by atoms with Gasteiger partial charge in [0.1, 0.15) is 5.65 Å². The fourth-order valence-electron chi connectivity index (χ4n) is 4.60. The van der Waals surface area contributed by atoms with Gasteiger partial charge in [-0.15, -0.1) is 0 Å². The lowest BCUT2D eigenvalue weighted by Gasteiger charge is -2.36. The molecule has 1 saturated heterocycles. The molecule has 6 rings (SSSR count). The number of anilines is 2. The predicted octanol–water partition coefficient (Wildman–Crippen LogP) is 4.75. The maximum atomic E-state index is 13.4. The zero-order valence-electron chi connectivity index (χ0n) is 17.8. The molecule has 1 aromatic carbocycles. The van der Waals surface area contributed by atoms with Crippen LogP contribution < -0.4 is 9.80 Å². The summed E-state index contributed by atoms with van der Waals surface area (Å²) in [4.78, 5) is 25.0. The van der Waals surface area contributed by atoms with Gasteiger partial charge in [-0.2, -0.15) is 5.10 Å². The zero-order chi connectivity index (χ0) is 22.7. The molecule has 1 fully saturated rings. The lowest BCUT2D eigenvalue weighted by atomic mass is 10.1. The summed E-state index contributed by atoms with van der Waals surface area (Å²) in [6.45, 7) is 1.76. The molecule has 5 heterocycles. The monoisotopic (exact) mass is 482 g/mol. The van der Waals surface area contributed by atoms with E-state index in [1.54, 1.807) is 29.3 Å². The number of amides is 1. The number of fused-ring (bicyclic) bond motifs is 3. The highest BCUT2D eigenvalue weighted by Crippen LogP contribution is 2.40. The van der Waals surface area contributed by atoms with Crippen molar-refractivity contribution in [2.45, 2.75) is 12.5 Å². The molecule has 2 aliphatic heterocycles. The van der Waals surface area contributed by atoms with Crippen molar-refractivity contribution >= 4 is 51.5 Å². The third-order valence-corrected chi connectivity index (χ3v) is 6.85. The Hall–Kier alpha value is -3.07. The van der Waals surface area contributed by atoms with Crippen molar-refractivity contribution in [1.29, 1.82) is 0 Å². The number of carbonyl (C=O) groups is 1. The first-order valence-electron chi connectivity index (χ1n) is 10.6. The van der Waals surface area contributed by atoms with Gasteiger partial charge in [-0.25, -0.2) is 4.98 Å². The van der Waals surface area contributed by atoms with E-state index in [2.05, 4.69) is 15.1 Å². The number of hydrogen-bond donors (Lipinski definition) is 1. The first-order valence-corrected chi connectivity index (χ1v) is 11.4. The molecule has 4 aromatic rings. The molecule has 8 nitrogen and oxygen atoms in total. The number of nitrogens with one attached hydrogen (secondary N) is 1. The molecule has 3 aromatic heterocycles. The molecule has 10 heteroatoms. The average molecular weight is 483 g/mol. The fourth-order valence-corrected chi connectivity index (χ4v) is 5.21. The van der Waals surface area contributed by atoms with Crippen molar-refractivity contribution in [3.05, 3.63) is 58.5 Å². The van der Waals surface area contributed by atoms with Crippen LogP contribution in [0, 0.1) is 0 Å². The van der Waals surface area contributed by atoms with Gasteiger partial charge in [-0.05, 0) is 24.6 Å². The fraction of sp³-hybridized carbons (Fsp3) is 0.261. The first kappa shape index (κ1) is 20.5. The second kappa shape index (κ2) is 7.76. The Labute approximate surface area is 199 Å². The van der Waals surface area contributed by atoms with Crippen LogP contribution in [0.3, 0.4) is 0 Å². The highest BCUT2D eigenvalue weighted by molar-refractivity contribution is 6.40. The molecule has 1 atom stereocenters. The number of pyridine rings is 1. The molecule has 168 valence electrons. The second-order valence-corrected chi connectivity index (χ2v) is 9.15. The van der Waals surface area contributed by atoms with Crippen molar-refractivity contribution in [2.24, 2.45) is 0 Å². The van der Waals surface area contributed by atoms with Crippen molar-refractivity contribution in [3.63, 3.8) is 0 Å². The summed E-state index contributed by atoms with van der Waals surface area (Å²) < 4.78 is 7.43. The number of benzene rings is 1. The van der Waals surface area contributed by atoms with E-state index < -0.39 is 0 Å². The van der Waals surface area contributed by atoms with E-state index in [-0.39, 0.29) is 11.9 Å². The van der Waals surface area contributed by atoms with Crippen LogP contribution in [-0.4, -0.2) is 52.6 Å². The Morgan fingerprint density at radius 1 is 1.18 bits per heavy atom. The van der Waals surface area contributed by atoms with Gasteiger partial charge in [0.2, 0.25) is 0 Å². The standard InChI is InChI=1S/C23H20Cl2N6O2/c1-29-12-30(21-17(24)3-2-4-18(21)25)23(32)16-9-26-22-15(20(16)29)7-19(28-22)13-8-27-31(10-13)14-5-6-33-11-14/h2-4,7-10,14H,5-6,11-12H2,1H3,(H,26,28). The summed E-state index contributed by atoms with van der Waals surface area (Å²) in [5, 5.41) is 6.25. The summed E-state index contributed by atoms with van der Waals surface area (Å²) >= 11 is 12.8. The smallest absolute Gasteiger partial charge is 0.263 e. The number of nitrogens with zero attached hydrogens (tertiary/aromatic N) is 5. The first-order chi connectivity index (χ1) is 16.0.